The molecule has 6 heteroatoms. The third-order valence-electron chi connectivity index (χ3n) is 5.30. The van der Waals surface area contributed by atoms with Crippen LogP contribution in [0.25, 0.3) is 11.4 Å². The van der Waals surface area contributed by atoms with E-state index in [9.17, 15) is 4.79 Å². The molecule has 0 saturated carbocycles. The molecule has 0 aliphatic carbocycles. The summed E-state index contributed by atoms with van der Waals surface area (Å²) in [6.07, 6.45) is 5.35. The molecule has 1 unspecified atom stereocenters. The molecule has 24 heavy (non-hydrogen) atoms. The molecule has 0 radical (unpaired) electrons. The van der Waals surface area contributed by atoms with Crippen LogP contribution >= 0.6 is 0 Å². The molecule has 1 aromatic carbocycles. The summed E-state index contributed by atoms with van der Waals surface area (Å²) in [7, 11) is 0. The van der Waals surface area contributed by atoms with Crippen LogP contribution in [0.3, 0.4) is 0 Å². The number of piperidine rings is 1. The molecule has 2 aliphatic rings. The number of carbonyl (C=O) groups excluding carboxylic acids is 1. The van der Waals surface area contributed by atoms with Gasteiger partial charge in [0.1, 0.15) is 6.33 Å². The Balaban J connectivity index is 1.47. The van der Waals surface area contributed by atoms with Crippen molar-refractivity contribution in [1.82, 2.24) is 25.0 Å². The zero-order valence-electron chi connectivity index (χ0n) is 14.0. The lowest BCUT2D eigenvalue weighted by Crippen LogP contribution is -2.63. The number of H-pyrrole nitrogens is 1. The maximum Gasteiger partial charge on any atom is 0.254 e. The van der Waals surface area contributed by atoms with Gasteiger partial charge >= 0.3 is 0 Å². The standard InChI is InChI=1S/C18H23N5O/c1-13-6-4-5-9-23(13)14-10-22(11-14)18(24)16-8-3-2-7-15(16)17-19-12-20-21-17/h2-3,7-8,12-14H,4-6,9-11H2,1H3,(H,19,20,21). The first-order chi connectivity index (χ1) is 11.7. The number of rotatable bonds is 3. The van der Waals surface area contributed by atoms with Gasteiger partial charge in [-0.15, -0.1) is 0 Å². The fourth-order valence-corrected chi connectivity index (χ4v) is 3.88. The number of benzene rings is 1. The Kier molecular flexibility index (Phi) is 4.06. The minimum absolute atomic E-state index is 0.0860. The molecule has 1 N–H and O–H groups in total. The van der Waals surface area contributed by atoms with Crippen molar-refractivity contribution in [2.45, 2.75) is 38.3 Å². The van der Waals surface area contributed by atoms with Crippen molar-refractivity contribution < 1.29 is 4.79 Å². The van der Waals surface area contributed by atoms with Crippen LogP contribution in [0.2, 0.25) is 0 Å². The Morgan fingerprint density at radius 3 is 2.83 bits per heavy atom. The van der Waals surface area contributed by atoms with Crippen LogP contribution in [-0.2, 0) is 0 Å². The van der Waals surface area contributed by atoms with Gasteiger partial charge < -0.3 is 4.90 Å². The number of nitrogens with zero attached hydrogens (tertiary/aromatic N) is 4. The second-order valence-electron chi connectivity index (χ2n) is 6.83. The molecule has 4 rings (SSSR count). The second kappa shape index (κ2) is 6.36. The van der Waals surface area contributed by atoms with Crippen molar-refractivity contribution in [3.8, 4) is 11.4 Å². The third kappa shape index (κ3) is 2.71. The predicted molar refractivity (Wildman–Crippen MR) is 91.5 cm³/mol. The number of likely N-dealkylation sites (tertiary alicyclic amines) is 2. The SMILES string of the molecule is CC1CCCCN1C1CN(C(=O)c2ccccc2-c2ncn[nH]2)C1. The molecule has 6 nitrogen and oxygen atoms in total. The first-order valence-corrected chi connectivity index (χ1v) is 8.74. The molecule has 2 aromatic rings. The molecule has 2 fully saturated rings. The van der Waals surface area contributed by atoms with E-state index in [2.05, 4.69) is 27.0 Å². The Morgan fingerprint density at radius 1 is 1.25 bits per heavy atom. The Labute approximate surface area is 141 Å². The average Bonchev–Trinajstić information content (AvgIpc) is 3.09. The lowest BCUT2D eigenvalue weighted by molar-refractivity contribution is 0.00217. The van der Waals surface area contributed by atoms with Gasteiger partial charge in [-0.3, -0.25) is 14.8 Å². The van der Waals surface area contributed by atoms with E-state index in [0.717, 1.165) is 18.7 Å². The van der Waals surface area contributed by atoms with E-state index in [4.69, 9.17) is 0 Å². The van der Waals surface area contributed by atoms with Crippen molar-refractivity contribution in [2.24, 2.45) is 0 Å². The van der Waals surface area contributed by atoms with Crippen LogP contribution in [0.15, 0.2) is 30.6 Å². The number of aromatic nitrogens is 3. The highest BCUT2D eigenvalue weighted by molar-refractivity contribution is 6.00. The van der Waals surface area contributed by atoms with Crippen molar-refractivity contribution in [3.63, 3.8) is 0 Å². The highest BCUT2D eigenvalue weighted by Gasteiger charge is 2.38. The van der Waals surface area contributed by atoms with Gasteiger partial charge in [0.15, 0.2) is 5.82 Å². The zero-order chi connectivity index (χ0) is 16.5. The number of carbonyl (C=O) groups is 1. The lowest BCUT2D eigenvalue weighted by atomic mass is 9.96. The summed E-state index contributed by atoms with van der Waals surface area (Å²) in [5.41, 5.74) is 1.51. The predicted octanol–water partition coefficient (Wildman–Crippen LogP) is 2.17. The van der Waals surface area contributed by atoms with Gasteiger partial charge in [-0.05, 0) is 32.4 Å². The summed E-state index contributed by atoms with van der Waals surface area (Å²) in [4.78, 5) is 21.6. The topological polar surface area (TPSA) is 65.1 Å². The first kappa shape index (κ1) is 15.3. The fourth-order valence-electron chi connectivity index (χ4n) is 3.88. The second-order valence-corrected chi connectivity index (χ2v) is 6.83. The number of nitrogens with one attached hydrogen (secondary N) is 1. The minimum atomic E-state index is 0.0860. The summed E-state index contributed by atoms with van der Waals surface area (Å²) < 4.78 is 0. The van der Waals surface area contributed by atoms with Crippen LogP contribution in [0.4, 0.5) is 0 Å². The summed E-state index contributed by atoms with van der Waals surface area (Å²) >= 11 is 0. The lowest BCUT2D eigenvalue weighted by Gasteiger charge is -2.49. The van der Waals surface area contributed by atoms with Crippen molar-refractivity contribution in [2.75, 3.05) is 19.6 Å². The van der Waals surface area contributed by atoms with E-state index in [1.165, 1.54) is 32.1 Å². The van der Waals surface area contributed by atoms with Gasteiger partial charge in [-0.25, -0.2) is 4.98 Å². The maximum atomic E-state index is 12.9. The highest BCUT2D eigenvalue weighted by Crippen LogP contribution is 2.27. The van der Waals surface area contributed by atoms with Crippen LogP contribution in [0, 0.1) is 0 Å². The Bertz CT molecular complexity index is 708. The largest absolute Gasteiger partial charge is 0.335 e. The van der Waals surface area contributed by atoms with Gasteiger partial charge in [0, 0.05) is 30.7 Å². The van der Waals surface area contributed by atoms with Gasteiger partial charge in [0.25, 0.3) is 5.91 Å². The quantitative estimate of drug-likeness (QED) is 0.939. The molecule has 0 bridgehead atoms. The molecular formula is C18H23N5O. The van der Waals surface area contributed by atoms with E-state index in [1.54, 1.807) is 0 Å². The molecular weight excluding hydrogens is 302 g/mol. The Morgan fingerprint density at radius 2 is 2.08 bits per heavy atom. The van der Waals surface area contributed by atoms with Crippen LogP contribution < -0.4 is 0 Å². The van der Waals surface area contributed by atoms with Gasteiger partial charge in [0.2, 0.25) is 0 Å². The summed E-state index contributed by atoms with van der Waals surface area (Å²) in [5.74, 6) is 0.726. The third-order valence-corrected chi connectivity index (χ3v) is 5.30. The average molecular weight is 325 g/mol. The summed E-state index contributed by atoms with van der Waals surface area (Å²) in [5, 5.41) is 6.74. The molecule has 1 atom stereocenters. The first-order valence-electron chi connectivity index (χ1n) is 8.74. The summed E-state index contributed by atoms with van der Waals surface area (Å²) in [6, 6.07) is 8.76. The van der Waals surface area contributed by atoms with Crippen LogP contribution in [-0.4, -0.2) is 62.6 Å². The highest BCUT2D eigenvalue weighted by atomic mass is 16.2. The normalized spacial score (nSPS) is 22.4. The molecule has 2 aliphatic heterocycles. The van der Waals surface area contributed by atoms with Crippen LogP contribution in [0.5, 0.6) is 0 Å². The molecule has 3 heterocycles. The molecule has 1 amide bonds. The Hall–Kier alpha value is -2.21. The molecule has 126 valence electrons. The fraction of sp³-hybridized carbons (Fsp3) is 0.500. The van der Waals surface area contributed by atoms with Crippen molar-refractivity contribution in [3.05, 3.63) is 36.2 Å². The van der Waals surface area contributed by atoms with E-state index < -0.39 is 0 Å². The van der Waals surface area contributed by atoms with Gasteiger partial charge in [0.05, 0.1) is 5.56 Å². The summed E-state index contributed by atoms with van der Waals surface area (Å²) in [6.45, 7) is 5.13. The van der Waals surface area contributed by atoms with E-state index in [0.29, 0.717) is 23.5 Å². The van der Waals surface area contributed by atoms with Gasteiger partial charge in [-0.1, -0.05) is 24.6 Å². The number of hydrogen-bond donors (Lipinski definition) is 1. The minimum Gasteiger partial charge on any atom is -0.335 e. The zero-order valence-corrected chi connectivity index (χ0v) is 14.0. The maximum absolute atomic E-state index is 12.9. The van der Waals surface area contributed by atoms with Crippen molar-refractivity contribution in [1.29, 1.82) is 0 Å². The van der Waals surface area contributed by atoms with E-state index >= 15 is 0 Å². The smallest absolute Gasteiger partial charge is 0.254 e. The number of aromatic amines is 1. The van der Waals surface area contributed by atoms with E-state index in [-0.39, 0.29) is 5.91 Å². The van der Waals surface area contributed by atoms with E-state index in [1.807, 2.05) is 29.2 Å². The van der Waals surface area contributed by atoms with Gasteiger partial charge in [-0.2, -0.15) is 5.10 Å². The molecule has 0 spiro atoms. The number of hydrogen-bond acceptors (Lipinski definition) is 4. The molecule has 1 aromatic heterocycles. The number of amides is 1. The van der Waals surface area contributed by atoms with Crippen molar-refractivity contribution >= 4 is 5.91 Å². The van der Waals surface area contributed by atoms with Crippen LogP contribution in [0.1, 0.15) is 36.5 Å². The molecule has 2 saturated heterocycles. The monoisotopic (exact) mass is 325 g/mol.